The number of rotatable bonds is 12. The highest BCUT2D eigenvalue weighted by molar-refractivity contribution is 5.16. The lowest BCUT2D eigenvalue weighted by Gasteiger charge is -2.23. The molecule has 1 heteroatoms. The van der Waals surface area contributed by atoms with Crippen molar-refractivity contribution in [2.24, 2.45) is 29.4 Å². The molecule has 0 heterocycles. The van der Waals surface area contributed by atoms with Gasteiger partial charge in [-0.15, -0.1) is 0 Å². The van der Waals surface area contributed by atoms with Gasteiger partial charge < -0.3 is 5.73 Å². The van der Waals surface area contributed by atoms with Crippen LogP contribution in [0.25, 0.3) is 0 Å². The van der Waals surface area contributed by atoms with E-state index in [4.69, 9.17) is 5.73 Å². The standard InChI is InChI=1S/C20H39N.C2H6/c1-7-16(2)11-12-18(4)20(6)14-13-19(5)17(3)10-8-9-15-21;1-2/h8,10,16,18-20H,3,7,9,11-15,21H2,1-2,4-6H3;1-2H3/b10-8-;. The van der Waals surface area contributed by atoms with E-state index in [1.807, 2.05) is 13.8 Å². The average Bonchev–Trinajstić information content (AvgIpc) is 2.58. The van der Waals surface area contributed by atoms with Crippen molar-refractivity contribution in [3.8, 4) is 0 Å². The van der Waals surface area contributed by atoms with Gasteiger partial charge >= 0.3 is 0 Å². The summed E-state index contributed by atoms with van der Waals surface area (Å²) < 4.78 is 0. The minimum atomic E-state index is 0.586. The molecule has 0 saturated heterocycles. The lowest BCUT2D eigenvalue weighted by atomic mass is 9.83. The van der Waals surface area contributed by atoms with Gasteiger partial charge in [0.2, 0.25) is 0 Å². The monoisotopic (exact) mass is 323 g/mol. The van der Waals surface area contributed by atoms with Crippen LogP contribution in [-0.2, 0) is 0 Å². The quantitative estimate of drug-likeness (QED) is 0.385. The smallest absolute Gasteiger partial charge is 0.00425 e. The second-order valence-corrected chi connectivity index (χ2v) is 7.08. The number of allylic oxidation sites excluding steroid dienone is 2. The maximum absolute atomic E-state index is 5.50. The predicted octanol–water partition coefficient (Wildman–Crippen LogP) is 6.99. The van der Waals surface area contributed by atoms with E-state index in [-0.39, 0.29) is 0 Å². The van der Waals surface area contributed by atoms with Crippen LogP contribution < -0.4 is 5.73 Å². The fourth-order valence-corrected chi connectivity index (χ4v) is 2.51. The highest BCUT2D eigenvalue weighted by Gasteiger charge is 2.15. The van der Waals surface area contributed by atoms with Crippen molar-refractivity contribution in [3.05, 3.63) is 24.3 Å². The largest absolute Gasteiger partial charge is 0.330 e. The first-order valence-corrected chi connectivity index (χ1v) is 9.97. The van der Waals surface area contributed by atoms with E-state index in [9.17, 15) is 0 Å². The van der Waals surface area contributed by atoms with E-state index < -0.39 is 0 Å². The molecule has 0 rings (SSSR count). The zero-order chi connectivity index (χ0) is 18.3. The third kappa shape index (κ3) is 13.6. The minimum absolute atomic E-state index is 0.586. The van der Waals surface area contributed by atoms with Crippen LogP contribution in [0.2, 0.25) is 0 Å². The van der Waals surface area contributed by atoms with E-state index in [1.54, 1.807) is 0 Å². The highest BCUT2D eigenvalue weighted by Crippen LogP contribution is 2.27. The normalized spacial score (nSPS) is 16.3. The SMILES string of the molecule is C=C(/C=C\CCN)C(C)CCC(C)C(C)CCC(C)CC.CC. The van der Waals surface area contributed by atoms with Crippen LogP contribution in [0.15, 0.2) is 24.3 Å². The third-order valence-corrected chi connectivity index (χ3v) is 5.14. The molecule has 0 aliphatic heterocycles. The van der Waals surface area contributed by atoms with Crippen LogP contribution in [0.5, 0.6) is 0 Å². The topological polar surface area (TPSA) is 26.0 Å². The predicted molar refractivity (Wildman–Crippen MR) is 109 cm³/mol. The molecular formula is C22H45N. The summed E-state index contributed by atoms with van der Waals surface area (Å²) >= 11 is 0. The third-order valence-electron chi connectivity index (χ3n) is 5.14. The Hall–Kier alpha value is -0.560. The van der Waals surface area contributed by atoms with Crippen LogP contribution in [0.1, 0.15) is 87.0 Å². The maximum atomic E-state index is 5.50. The van der Waals surface area contributed by atoms with Gasteiger partial charge in [-0.1, -0.05) is 92.0 Å². The Kier molecular flexibility index (Phi) is 17.5. The van der Waals surface area contributed by atoms with Crippen LogP contribution in [-0.4, -0.2) is 6.54 Å². The van der Waals surface area contributed by atoms with Crippen LogP contribution in [0, 0.1) is 23.7 Å². The van der Waals surface area contributed by atoms with E-state index in [2.05, 4.69) is 53.3 Å². The summed E-state index contributed by atoms with van der Waals surface area (Å²) in [5.74, 6) is 3.12. The average molecular weight is 324 g/mol. The summed E-state index contributed by atoms with van der Waals surface area (Å²) in [5, 5.41) is 0. The number of nitrogens with two attached hydrogens (primary N) is 1. The lowest BCUT2D eigenvalue weighted by Crippen LogP contribution is -2.11. The molecule has 0 bridgehead atoms. The molecule has 0 spiro atoms. The zero-order valence-corrected chi connectivity index (χ0v) is 17.2. The fraction of sp³-hybridized carbons (Fsp3) is 0.818. The molecule has 0 saturated carbocycles. The summed E-state index contributed by atoms with van der Waals surface area (Å²) in [6.45, 7) is 20.7. The minimum Gasteiger partial charge on any atom is -0.330 e. The molecular weight excluding hydrogens is 278 g/mol. The first-order valence-electron chi connectivity index (χ1n) is 9.97. The lowest BCUT2D eigenvalue weighted by molar-refractivity contribution is 0.301. The van der Waals surface area contributed by atoms with Crippen molar-refractivity contribution in [1.82, 2.24) is 0 Å². The van der Waals surface area contributed by atoms with Crippen molar-refractivity contribution in [2.75, 3.05) is 6.54 Å². The molecule has 4 atom stereocenters. The molecule has 0 aromatic heterocycles. The Bertz CT molecular complexity index is 292. The first kappa shape index (κ1) is 24.7. The summed E-state index contributed by atoms with van der Waals surface area (Å²) in [6.07, 6.45) is 11.9. The Morgan fingerprint density at radius 2 is 1.48 bits per heavy atom. The zero-order valence-electron chi connectivity index (χ0n) is 17.2. The molecule has 4 unspecified atom stereocenters. The molecule has 0 aromatic rings. The van der Waals surface area contributed by atoms with E-state index in [1.165, 1.54) is 37.7 Å². The summed E-state index contributed by atoms with van der Waals surface area (Å²) in [4.78, 5) is 0. The molecule has 0 aromatic carbocycles. The molecule has 1 nitrogen and oxygen atoms in total. The first-order chi connectivity index (χ1) is 10.9. The van der Waals surface area contributed by atoms with Crippen LogP contribution >= 0.6 is 0 Å². The van der Waals surface area contributed by atoms with Crippen molar-refractivity contribution in [2.45, 2.75) is 87.0 Å². The number of hydrogen-bond acceptors (Lipinski definition) is 1. The van der Waals surface area contributed by atoms with Gasteiger partial charge in [0.25, 0.3) is 0 Å². The Labute approximate surface area is 147 Å². The second-order valence-electron chi connectivity index (χ2n) is 7.08. The Morgan fingerprint density at radius 1 is 0.957 bits per heavy atom. The maximum Gasteiger partial charge on any atom is -0.00425 e. The molecule has 0 radical (unpaired) electrons. The van der Waals surface area contributed by atoms with Crippen LogP contribution in [0.4, 0.5) is 0 Å². The van der Waals surface area contributed by atoms with Gasteiger partial charge in [0, 0.05) is 0 Å². The molecule has 0 fully saturated rings. The summed E-state index contributed by atoms with van der Waals surface area (Å²) in [5.41, 5.74) is 6.75. The Balaban J connectivity index is 0. The van der Waals surface area contributed by atoms with Gasteiger partial charge in [0.1, 0.15) is 0 Å². The van der Waals surface area contributed by atoms with E-state index >= 15 is 0 Å². The van der Waals surface area contributed by atoms with Crippen LogP contribution in [0.3, 0.4) is 0 Å². The number of hydrogen-bond donors (Lipinski definition) is 1. The molecule has 0 aliphatic rings. The molecule has 0 amide bonds. The Morgan fingerprint density at radius 3 is 1.96 bits per heavy atom. The molecule has 138 valence electrons. The summed E-state index contributed by atoms with van der Waals surface area (Å²) in [6, 6.07) is 0. The van der Waals surface area contributed by atoms with Crippen molar-refractivity contribution in [1.29, 1.82) is 0 Å². The van der Waals surface area contributed by atoms with E-state index in [0.717, 1.165) is 30.7 Å². The van der Waals surface area contributed by atoms with Gasteiger partial charge in [-0.05, 0) is 49.5 Å². The van der Waals surface area contributed by atoms with Crippen molar-refractivity contribution in [3.63, 3.8) is 0 Å². The van der Waals surface area contributed by atoms with Crippen molar-refractivity contribution >= 4 is 0 Å². The van der Waals surface area contributed by atoms with Gasteiger partial charge in [-0.25, -0.2) is 0 Å². The molecule has 2 N–H and O–H groups in total. The molecule has 23 heavy (non-hydrogen) atoms. The summed E-state index contributed by atoms with van der Waals surface area (Å²) in [7, 11) is 0. The van der Waals surface area contributed by atoms with Gasteiger partial charge in [-0.2, -0.15) is 0 Å². The highest BCUT2D eigenvalue weighted by atomic mass is 14.5. The molecule has 0 aliphatic carbocycles. The van der Waals surface area contributed by atoms with Gasteiger partial charge in [0.15, 0.2) is 0 Å². The second kappa shape index (κ2) is 16.3. The fourth-order valence-electron chi connectivity index (χ4n) is 2.51. The van der Waals surface area contributed by atoms with E-state index in [0.29, 0.717) is 5.92 Å². The van der Waals surface area contributed by atoms with Crippen molar-refractivity contribution < 1.29 is 0 Å². The van der Waals surface area contributed by atoms with Gasteiger partial charge in [-0.3, -0.25) is 0 Å². The van der Waals surface area contributed by atoms with Gasteiger partial charge in [0.05, 0.1) is 0 Å².